The molecule has 0 fully saturated rings. The van der Waals surface area contributed by atoms with Gasteiger partial charge >= 0.3 is 0 Å². The lowest BCUT2D eigenvalue weighted by Crippen LogP contribution is -1.91. The maximum absolute atomic E-state index is 13.1. The van der Waals surface area contributed by atoms with Crippen LogP contribution in [0.25, 0.3) is 10.2 Å². The van der Waals surface area contributed by atoms with Crippen LogP contribution in [-0.4, -0.2) is 4.98 Å². The van der Waals surface area contributed by atoms with Gasteiger partial charge in [0, 0.05) is 6.07 Å². The molecule has 0 unspecified atom stereocenters. The van der Waals surface area contributed by atoms with Crippen molar-refractivity contribution >= 4 is 44.0 Å². The summed E-state index contributed by atoms with van der Waals surface area (Å²) in [5.41, 5.74) is 1.69. The third kappa shape index (κ3) is 2.44. The third-order valence-electron chi connectivity index (χ3n) is 2.69. The molecule has 20 heavy (non-hydrogen) atoms. The first-order chi connectivity index (χ1) is 9.65. The van der Waals surface area contributed by atoms with Crippen molar-refractivity contribution in [2.45, 2.75) is 0 Å². The minimum Gasteiger partial charge on any atom is -0.330 e. The average molecular weight is 304 g/mol. The second kappa shape index (κ2) is 5.08. The number of rotatable bonds is 2. The first-order valence-electron chi connectivity index (χ1n) is 5.68. The van der Waals surface area contributed by atoms with E-state index >= 15 is 0 Å². The molecule has 0 radical (unpaired) electrons. The quantitative estimate of drug-likeness (QED) is 0.746. The summed E-state index contributed by atoms with van der Waals surface area (Å²) >= 11 is 7.46. The van der Waals surface area contributed by atoms with Crippen LogP contribution in [0, 0.1) is 17.1 Å². The van der Waals surface area contributed by atoms with Crippen LogP contribution < -0.4 is 5.32 Å². The van der Waals surface area contributed by atoms with Gasteiger partial charge in [0.1, 0.15) is 5.82 Å². The first-order valence-corrected chi connectivity index (χ1v) is 6.88. The van der Waals surface area contributed by atoms with Crippen molar-refractivity contribution in [1.29, 1.82) is 5.26 Å². The number of hydrogen-bond acceptors (Lipinski definition) is 4. The molecule has 6 heteroatoms. The summed E-state index contributed by atoms with van der Waals surface area (Å²) in [6.07, 6.45) is 0. The van der Waals surface area contributed by atoms with E-state index in [9.17, 15) is 4.39 Å². The zero-order valence-electron chi connectivity index (χ0n) is 10.0. The number of benzene rings is 2. The van der Waals surface area contributed by atoms with Crippen LogP contribution in [0.1, 0.15) is 5.56 Å². The van der Waals surface area contributed by atoms with Crippen molar-refractivity contribution in [3.63, 3.8) is 0 Å². The molecule has 0 saturated carbocycles. The van der Waals surface area contributed by atoms with Gasteiger partial charge in [0.2, 0.25) is 0 Å². The Bertz CT molecular complexity index is 838. The molecule has 0 atom stereocenters. The number of aromatic nitrogens is 1. The number of nitrogens with one attached hydrogen (secondary N) is 1. The summed E-state index contributed by atoms with van der Waals surface area (Å²) in [4.78, 5) is 4.29. The van der Waals surface area contributed by atoms with E-state index in [0.717, 1.165) is 4.70 Å². The largest absolute Gasteiger partial charge is 0.330 e. The highest BCUT2D eigenvalue weighted by Crippen LogP contribution is 2.31. The van der Waals surface area contributed by atoms with E-state index < -0.39 is 0 Å². The number of hydrogen-bond donors (Lipinski definition) is 1. The zero-order chi connectivity index (χ0) is 14.1. The summed E-state index contributed by atoms with van der Waals surface area (Å²) in [6.45, 7) is 0. The van der Waals surface area contributed by atoms with Crippen molar-refractivity contribution < 1.29 is 4.39 Å². The number of nitriles is 1. The third-order valence-corrected chi connectivity index (χ3v) is 3.97. The van der Waals surface area contributed by atoms with Crippen molar-refractivity contribution in [1.82, 2.24) is 4.98 Å². The van der Waals surface area contributed by atoms with E-state index in [0.29, 0.717) is 26.9 Å². The highest BCUT2D eigenvalue weighted by molar-refractivity contribution is 7.22. The Kier molecular flexibility index (Phi) is 3.26. The van der Waals surface area contributed by atoms with Crippen LogP contribution in [0.15, 0.2) is 36.4 Å². The lowest BCUT2D eigenvalue weighted by molar-refractivity contribution is 0.629. The summed E-state index contributed by atoms with van der Waals surface area (Å²) in [6, 6.07) is 11.4. The molecule has 3 aromatic rings. The van der Waals surface area contributed by atoms with E-state index in [4.69, 9.17) is 16.9 Å². The predicted octanol–water partition coefficient (Wildman–Crippen LogP) is 4.70. The van der Waals surface area contributed by atoms with Crippen LogP contribution in [-0.2, 0) is 0 Å². The van der Waals surface area contributed by atoms with Gasteiger partial charge in [-0.2, -0.15) is 5.26 Å². The average Bonchev–Trinajstić information content (AvgIpc) is 2.82. The van der Waals surface area contributed by atoms with Crippen molar-refractivity contribution in [3.8, 4) is 6.07 Å². The Hall–Kier alpha value is -2.16. The second-order valence-electron chi connectivity index (χ2n) is 4.06. The number of anilines is 2. The Labute approximate surface area is 123 Å². The smallest absolute Gasteiger partial charge is 0.188 e. The fraction of sp³-hybridized carbons (Fsp3) is 0. The van der Waals surface area contributed by atoms with Gasteiger partial charge < -0.3 is 5.32 Å². The van der Waals surface area contributed by atoms with Gasteiger partial charge in [-0.1, -0.05) is 22.9 Å². The summed E-state index contributed by atoms with van der Waals surface area (Å²) in [5.74, 6) is -0.320. The van der Waals surface area contributed by atoms with E-state index in [1.54, 1.807) is 24.3 Å². The second-order valence-corrected chi connectivity index (χ2v) is 5.50. The van der Waals surface area contributed by atoms with Crippen LogP contribution in [0.5, 0.6) is 0 Å². The molecule has 3 rings (SSSR count). The van der Waals surface area contributed by atoms with Gasteiger partial charge in [0.25, 0.3) is 0 Å². The maximum atomic E-state index is 13.1. The van der Waals surface area contributed by atoms with Crippen LogP contribution >= 0.6 is 22.9 Å². The number of halogens is 2. The number of nitrogens with zero attached hydrogens (tertiary/aromatic N) is 2. The summed E-state index contributed by atoms with van der Waals surface area (Å²) in [5, 5.41) is 13.0. The maximum Gasteiger partial charge on any atom is 0.188 e. The van der Waals surface area contributed by atoms with Gasteiger partial charge in [0.15, 0.2) is 5.13 Å². The topological polar surface area (TPSA) is 48.7 Å². The molecule has 0 saturated heterocycles. The fourth-order valence-corrected chi connectivity index (χ4v) is 2.78. The van der Waals surface area contributed by atoms with Crippen molar-refractivity contribution in [2.24, 2.45) is 0 Å². The molecule has 98 valence electrons. The first kappa shape index (κ1) is 12.9. The van der Waals surface area contributed by atoms with Gasteiger partial charge in [-0.05, 0) is 30.3 Å². The summed E-state index contributed by atoms with van der Waals surface area (Å²) < 4.78 is 14.0. The minimum atomic E-state index is -0.320. The molecule has 2 aromatic carbocycles. The molecule has 3 nitrogen and oxygen atoms in total. The van der Waals surface area contributed by atoms with E-state index in [2.05, 4.69) is 10.3 Å². The Morgan fingerprint density at radius 2 is 2.10 bits per heavy atom. The van der Waals surface area contributed by atoms with Gasteiger partial charge in [-0.3, -0.25) is 0 Å². The Morgan fingerprint density at radius 3 is 2.90 bits per heavy atom. The van der Waals surface area contributed by atoms with Crippen molar-refractivity contribution in [3.05, 3.63) is 52.8 Å². The highest BCUT2D eigenvalue weighted by Gasteiger charge is 2.08. The molecule has 0 aliphatic rings. The van der Waals surface area contributed by atoms with Crippen LogP contribution in [0.2, 0.25) is 5.02 Å². The van der Waals surface area contributed by atoms with Crippen molar-refractivity contribution in [2.75, 3.05) is 5.32 Å². The van der Waals surface area contributed by atoms with Crippen LogP contribution in [0.4, 0.5) is 15.2 Å². The molecule has 0 aliphatic heterocycles. The minimum absolute atomic E-state index is 0.320. The van der Waals surface area contributed by atoms with E-state index in [1.807, 2.05) is 6.07 Å². The molecule has 0 bridgehead atoms. The van der Waals surface area contributed by atoms with E-state index in [1.165, 1.54) is 23.5 Å². The predicted molar refractivity (Wildman–Crippen MR) is 79.0 cm³/mol. The van der Waals surface area contributed by atoms with Gasteiger partial charge in [-0.15, -0.1) is 0 Å². The Morgan fingerprint density at radius 1 is 1.25 bits per heavy atom. The monoisotopic (exact) mass is 303 g/mol. The molecule has 0 aliphatic carbocycles. The molecule has 1 heterocycles. The molecule has 1 N–H and O–H groups in total. The van der Waals surface area contributed by atoms with Gasteiger partial charge in [-0.25, -0.2) is 9.37 Å². The van der Waals surface area contributed by atoms with Gasteiger partial charge in [0.05, 0.1) is 32.6 Å². The number of fused-ring (bicyclic) bond motifs is 1. The lowest BCUT2D eigenvalue weighted by atomic mass is 10.2. The van der Waals surface area contributed by atoms with E-state index in [-0.39, 0.29) is 5.82 Å². The number of thiazole rings is 1. The molecular weight excluding hydrogens is 297 g/mol. The summed E-state index contributed by atoms with van der Waals surface area (Å²) in [7, 11) is 0. The molecule has 0 spiro atoms. The molecule has 0 amide bonds. The Balaban J connectivity index is 1.99. The lowest BCUT2D eigenvalue weighted by Gasteiger charge is -2.04. The van der Waals surface area contributed by atoms with Crippen LogP contribution in [0.3, 0.4) is 0 Å². The molecule has 1 aromatic heterocycles. The SMILES string of the molecule is N#Cc1ccc(Cl)c(Nc2nc3cc(F)ccc3s2)c1. The normalized spacial score (nSPS) is 10.4. The standard InChI is InChI=1S/C14H7ClFN3S/c15-10-3-1-8(7-17)5-11(10)18-14-19-12-6-9(16)2-4-13(12)20-14/h1-6H,(H,18,19). The molecular formula is C14H7ClFN3S. The fourth-order valence-electron chi connectivity index (χ4n) is 1.76. The zero-order valence-corrected chi connectivity index (χ0v) is 11.6. The highest BCUT2D eigenvalue weighted by atomic mass is 35.5.